The number of rotatable bonds is 4. The Kier molecular flexibility index (Phi) is 6.27. The van der Waals surface area contributed by atoms with Crippen LogP contribution in [0.25, 0.3) is 0 Å². The fourth-order valence-electron chi connectivity index (χ4n) is 1.18. The highest BCUT2D eigenvalue weighted by Gasteiger charge is 2.25. The van der Waals surface area contributed by atoms with Crippen LogP contribution in [0.2, 0.25) is 0 Å². The minimum Gasteiger partial charge on any atom is -0.387 e. The predicted octanol–water partition coefficient (Wildman–Crippen LogP) is -0.419. The fourth-order valence-corrected chi connectivity index (χ4v) is 2.16. The molecule has 0 saturated heterocycles. The molecule has 1 amide bonds. The zero-order valence-corrected chi connectivity index (χ0v) is 11.8. The molecule has 1 rings (SSSR count). The zero-order chi connectivity index (χ0) is 16.0. The summed E-state index contributed by atoms with van der Waals surface area (Å²) < 4.78 is 33.5. The number of esters is 2. The molecule has 1 aliphatic rings. The molecular formula is C11H15NO7S. The molecule has 8 nitrogen and oxygen atoms in total. The summed E-state index contributed by atoms with van der Waals surface area (Å²) in [6.07, 6.45) is 3.20. The number of hydrogen-bond donors (Lipinski definition) is 2. The average molecular weight is 305 g/mol. The van der Waals surface area contributed by atoms with E-state index in [2.05, 4.69) is 16.6 Å². The summed E-state index contributed by atoms with van der Waals surface area (Å²) in [7, 11) is -4.08. The summed E-state index contributed by atoms with van der Waals surface area (Å²) >= 11 is 0. The Labute approximate surface area is 116 Å². The lowest BCUT2D eigenvalue weighted by Gasteiger charge is -2.23. The van der Waals surface area contributed by atoms with Crippen molar-refractivity contribution in [3.05, 3.63) is 24.8 Å². The van der Waals surface area contributed by atoms with Crippen LogP contribution in [0, 0.1) is 0 Å². The smallest absolute Gasteiger partial charge is 0.338 e. The van der Waals surface area contributed by atoms with Gasteiger partial charge in [-0.15, -0.1) is 0 Å². The number of carbonyl (C=O) groups excluding carboxylic acids is 3. The Morgan fingerprint density at radius 2 is 1.85 bits per heavy atom. The summed E-state index contributed by atoms with van der Waals surface area (Å²) in [5.74, 6) is -2.16. The highest BCUT2D eigenvalue weighted by atomic mass is 32.2. The van der Waals surface area contributed by atoms with E-state index in [1.54, 1.807) is 0 Å². The van der Waals surface area contributed by atoms with Crippen molar-refractivity contribution in [2.45, 2.75) is 19.4 Å². The molecule has 0 saturated carbocycles. The summed E-state index contributed by atoms with van der Waals surface area (Å²) in [5.41, 5.74) is -1.00. The van der Waals surface area contributed by atoms with Crippen LogP contribution in [-0.4, -0.2) is 42.1 Å². The van der Waals surface area contributed by atoms with Crippen molar-refractivity contribution >= 4 is 28.0 Å². The Balaban J connectivity index is 0.000000428. The van der Waals surface area contributed by atoms with Crippen molar-refractivity contribution in [3.63, 3.8) is 0 Å². The minimum atomic E-state index is -4.08. The number of hydrogen-bond acceptors (Lipinski definition) is 6. The molecule has 1 heterocycles. The number of nitrogens with one attached hydrogen (secondary N) is 1. The highest BCUT2D eigenvalue weighted by Crippen LogP contribution is 2.05. The largest absolute Gasteiger partial charge is 0.387 e. The van der Waals surface area contributed by atoms with Crippen molar-refractivity contribution in [2.24, 2.45) is 0 Å². The SMILES string of the molecule is C=CC(=O)NC(C)(C)CS(=O)(=O)O.O=C1C=CC(=O)O1. The first-order valence-electron chi connectivity index (χ1n) is 5.29. The van der Waals surface area contributed by atoms with Gasteiger partial charge in [-0.1, -0.05) is 6.58 Å². The lowest BCUT2D eigenvalue weighted by Crippen LogP contribution is -2.47. The van der Waals surface area contributed by atoms with Gasteiger partial charge in [0.2, 0.25) is 5.91 Å². The van der Waals surface area contributed by atoms with Gasteiger partial charge in [0.05, 0.1) is 11.3 Å². The van der Waals surface area contributed by atoms with Crippen LogP contribution in [-0.2, 0) is 29.2 Å². The number of carbonyl (C=O) groups is 3. The van der Waals surface area contributed by atoms with E-state index >= 15 is 0 Å². The second kappa shape index (κ2) is 6.96. The summed E-state index contributed by atoms with van der Waals surface area (Å²) in [6, 6.07) is 0. The summed E-state index contributed by atoms with van der Waals surface area (Å²) in [5, 5.41) is 2.37. The first kappa shape index (κ1) is 18.0. The van der Waals surface area contributed by atoms with Gasteiger partial charge in [-0.3, -0.25) is 9.35 Å². The monoisotopic (exact) mass is 305 g/mol. The van der Waals surface area contributed by atoms with Crippen molar-refractivity contribution < 1.29 is 32.1 Å². The standard InChI is InChI=1S/C7H13NO4S.C4H2O3/c1-4-6(9)8-7(2,3)5-13(10,11)12;5-3-1-2-4(6)7-3/h4H,1,5H2,2-3H3,(H,8,9)(H,10,11,12);1-2H. The zero-order valence-electron chi connectivity index (χ0n) is 11.0. The van der Waals surface area contributed by atoms with E-state index in [1.165, 1.54) is 13.8 Å². The maximum Gasteiger partial charge on any atom is 0.338 e. The van der Waals surface area contributed by atoms with Crippen molar-refractivity contribution in [2.75, 3.05) is 5.75 Å². The third-order valence-electron chi connectivity index (χ3n) is 1.75. The van der Waals surface area contributed by atoms with Crippen LogP contribution in [0.15, 0.2) is 24.8 Å². The lowest BCUT2D eigenvalue weighted by atomic mass is 10.1. The number of cyclic esters (lactones) is 2. The van der Waals surface area contributed by atoms with Gasteiger partial charge in [-0.2, -0.15) is 8.42 Å². The van der Waals surface area contributed by atoms with Crippen molar-refractivity contribution in [1.29, 1.82) is 0 Å². The second-order valence-electron chi connectivity index (χ2n) is 4.38. The van der Waals surface area contributed by atoms with E-state index in [-0.39, 0.29) is 0 Å². The van der Waals surface area contributed by atoms with Crippen LogP contribution in [0.5, 0.6) is 0 Å². The van der Waals surface area contributed by atoms with Gasteiger partial charge in [-0.05, 0) is 19.9 Å². The molecule has 0 spiro atoms. The first-order chi connectivity index (χ1) is 8.95. The normalized spacial score (nSPS) is 14.2. The van der Waals surface area contributed by atoms with E-state index in [4.69, 9.17) is 4.55 Å². The fraction of sp³-hybridized carbons (Fsp3) is 0.364. The van der Waals surface area contributed by atoms with E-state index in [9.17, 15) is 22.8 Å². The second-order valence-corrected chi connectivity index (χ2v) is 5.83. The van der Waals surface area contributed by atoms with Crippen LogP contribution < -0.4 is 5.32 Å². The molecule has 0 unspecified atom stereocenters. The van der Waals surface area contributed by atoms with Gasteiger partial charge < -0.3 is 10.1 Å². The molecule has 0 aliphatic carbocycles. The van der Waals surface area contributed by atoms with E-state index in [0.29, 0.717) is 0 Å². The Bertz CT molecular complexity index is 529. The minimum absolute atomic E-state index is 0.478. The van der Waals surface area contributed by atoms with Gasteiger partial charge in [-0.25, -0.2) is 9.59 Å². The van der Waals surface area contributed by atoms with Crippen molar-refractivity contribution in [3.8, 4) is 0 Å². The molecule has 112 valence electrons. The molecule has 0 radical (unpaired) electrons. The van der Waals surface area contributed by atoms with Gasteiger partial charge in [0.15, 0.2) is 0 Å². The Morgan fingerprint density at radius 3 is 2.10 bits per heavy atom. The maximum absolute atomic E-state index is 10.8. The third-order valence-corrected chi connectivity index (χ3v) is 2.83. The quantitative estimate of drug-likeness (QED) is 0.312. The Hall–Kier alpha value is -2.00. The van der Waals surface area contributed by atoms with Gasteiger partial charge in [0.25, 0.3) is 10.1 Å². The van der Waals surface area contributed by atoms with Gasteiger partial charge in [0, 0.05) is 12.2 Å². The number of ether oxygens (including phenoxy) is 1. The number of amides is 1. The molecule has 0 aromatic heterocycles. The molecule has 0 aromatic carbocycles. The molecule has 0 atom stereocenters. The molecule has 20 heavy (non-hydrogen) atoms. The molecular weight excluding hydrogens is 290 g/mol. The molecule has 9 heteroatoms. The van der Waals surface area contributed by atoms with Gasteiger partial charge >= 0.3 is 11.9 Å². The molecule has 0 aromatic rings. The van der Waals surface area contributed by atoms with Crippen LogP contribution in [0.1, 0.15) is 13.8 Å². The van der Waals surface area contributed by atoms with Crippen LogP contribution in [0.3, 0.4) is 0 Å². The predicted molar refractivity (Wildman–Crippen MR) is 69.1 cm³/mol. The lowest BCUT2D eigenvalue weighted by molar-refractivity contribution is -0.150. The van der Waals surface area contributed by atoms with E-state index in [0.717, 1.165) is 18.2 Å². The summed E-state index contributed by atoms with van der Waals surface area (Å²) in [4.78, 5) is 30.7. The van der Waals surface area contributed by atoms with Crippen molar-refractivity contribution in [1.82, 2.24) is 5.32 Å². The highest BCUT2D eigenvalue weighted by molar-refractivity contribution is 7.85. The van der Waals surface area contributed by atoms with E-state index in [1.807, 2.05) is 0 Å². The molecule has 0 fully saturated rings. The summed E-state index contributed by atoms with van der Waals surface area (Å²) in [6.45, 7) is 6.19. The maximum atomic E-state index is 10.8. The van der Waals surface area contributed by atoms with E-state index < -0.39 is 39.3 Å². The van der Waals surface area contributed by atoms with Crippen LogP contribution >= 0.6 is 0 Å². The van der Waals surface area contributed by atoms with Gasteiger partial charge in [0.1, 0.15) is 0 Å². The third kappa shape index (κ3) is 9.00. The topological polar surface area (TPSA) is 127 Å². The first-order valence-corrected chi connectivity index (χ1v) is 6.90. The molecule has 1 aliphatic heterocycles. The average Bonchev–Trinajstić information content (AvgIpc) is 2.58. The van der Waals surface area contributed by atoms with Crippen LogP contribution in [0.4, 0.5) is 0 Å². The molecule has 2 N–H and O–H groups in total. The molecule has 0 bridgehead atoms. The Morgan fingerprint density at radius 1 is 1.40 bits per heavy atom.